The van der Waals surface area contributed by atoms with Crippen LogP contribution in [0.5, 0.6) is 0 Å². The lowest BCUT2D eigenvalue weighted by molar-refractivity contribution is -0.126. The van der Waals surface area contributed by atoms with E-state index in [-0.39, 0.29) is 11.2 Å². The molecule has 0 aliphatic carbocycles. The summed E-state index contributed by atoms with van der Waals surface area (Å²) in [7, 11) is 0. The van der Waals surface area contributed by atoms with Crippen LogP contribution in [0.15, 0.2) is 12.3 Å². The Kier molecular flexibility index (Phi) is 5.12. The van der Waals surface area contributed by atoms with Gasteiger partial charge in [-0.2, -0.15) is 5.10 Å². The van der Waals surface area contributed by atoms with Gasteiger partial charge in [-0.1, -0.05) is 34.6 Å². The second-order valence-electron chi connectivity index (χ2n) is 5.59. The quantitative estimate of drug-likeness (QED) is 0.738. The van der Waals surface area contributed by atoms with Crippen molar-refractivity contribution < 1.29 is 4.79 Å². The van der Waals surface area contributed by atoms with E-state index in [1.807, 2.05) is 30.8 Å². The van der Waals surface area contributed by atoms with Gasteiger partial charge in [0.15, 0.2) is 0 Å². The smallest absolute Gasteiger partial charge is 0.144 e. The van der Waals surface area contributed by atoms with E-state index in [9.17, 15) is 4.79 Å². The molecule has 0 bridgehead atoms. The molecule has 0 amide bonds. The van der Waals surface area contributed by atoms with Crippen molar-refractivity contribution in [2.24, 2.45) is 5.41 Å². The van der Waals surface area contributed by atoms with E-state index >= 15 is 0 Å². The zero-order valence-corrected chi connectivity index (χ0v) is 12.4. The van der Waals surface area contributed by atoms with Crippen molar-refractivity contribution >= 4 is 5.78 Å². The average Bonchev–Trinajstić information content (AvgIpc) is 2.79. The molecule has 3 heteroatoms. The van der Waals surface area contributed by atoms with Crippen molar-refractivity contribution in [2.45, 2.75) is 66.3 Å². The first kappa shape index (κ1) is 14.9. The van der Waals surface area contributed by atoms with E-state index < -0.39 is 0 Å². The molecular formula is C15H26N2O. The van der Waals surface area contributed by atoms with E-state index in [1.54, 1.807) is 0 Å². The Morgan fingerprint density at radius 2 is 1.94 bits per heavy atom. The Morgan fingerprint density at radius 3 is 2.44 bits per heavy atom. The van der Waals surface area contributed by atoms with Crippen LogP contribution in [0.25, 0.3) is 0 Å². The Morgan fingerprint density at radius 1 is 1.33 bits per heavy atom. The van der Waals surface area contributed by atoms with Gasteiger partial charge in [-0.15, -0.1) is 0 Å². The van der Waals surface area contributed by atoms with Crippen LogP contribution in [0.2, 0.25) is 0 Å². The molecule has 0 saturated carbocycles. The number of carbonyl (C=O) groups excluding carboxylic acids is 1. The number of carbonyl (C=O) groups is 1. The zero-order valence-electron chi connectivity index (χ0n) is 12.4. The molecule has 0 aromatic carbocycles. The number of ketones is 1. The molecule has 18 heavy (non-hydrogen) atoms. The normalized spacial score (nSPS) is 12.1. The minimum absolute atomic E-state index is 0.237. The lowest BCUT2D eigenvalue weighted by Crippen LogP contribution is -2.25. The maximum Gasteiger partial charge on any atom is 0.144 e. The minimum Gasteiger partial charge on any atom is -0.299 e. The summed E-state index contributed by atoms with van der Waals surface area (Å²) in [5.41, 5.74) is 0.659. The molecule has 0 N–H and O–H groups in total. The Bertz CT molecular complexity index is 389. The van der Waals surface area contributed by atoms with Crippen molar-refractivity contribution in [3.8, 4) is 0 Å². The van der Waals surface area contributed by atoms with Gasteiger partial charge < -0.3 is 0 Å². The second-order valence-corrected chi connectivity index (χ2v) is 5.59. The fourth-order valence-corrected chi connectivity index (χ4v) is 1.94. The topological polar surface area (TPSA) is 34.9 Å². The number of rotatable bonds is 7. The molecule has 1 heterocycles. The molecule has 0 unspecified atom stereocenters. The van der Waals surface area contributed by atoms with E-state index in [0.29, 0.717) is 12.5 Å². The summed E-state index contributed by atoms with van der Waals surface area (Å²) in [6.07, 6.45) is 5.48. The summed E-state index contributed by atoms with van der Waals surface area (Å²) in [6, 6.07) is 2.43. The molecule has 0 aliphatic heterocycles. The van der Waals surface area contributed by atoms with Gasteiger partial charge in [-0.3, -0.25) is 9.48 Å². The molecule has 0 radical (unpaired) electrons. The Balaban J connectivity index is 2.73. The molecule has 0 spiro atoms. The van der Waals surface area contributed by atoms with Gasteiger partial charge in [-0.25, -0.2) is 0 Å². The maximum absolute atomic E-state index is 12.1. The largest absolute Gasteiger partial charge is 0.299 e. The lowest BCUT2D eigenvalue weighted by atomic mass is 9.83. The molecule has 0 atom stereocenters. The third kappa shape index (κ3) is 3.44. The van der Waals surface area contributed by atoms with Crippen molar-refractivity contribution in [1.29, 1.82) is 0 Å². The van der Waals surface area contributed by atoms with E-state index in [2.05, 4.69) is 25.9 Å². The zero-order chi connectivity index (χ0) is 13.8. The third-order valence-corrected chi connectivity index (χ3v) is 3.96. The molecular weight excluding hydrogens is 224 g/mol. The van der Waals surface area contributed by atoms with Crippen LogP contribution >= 0.6 is 0 Å². The predicted octanol–water partition coefficient (Wildman–Crippen LogP) is 3.79. The highest BCUT2D eigenvalue weighted by molar-refractivity contribution is 5.85. The van der Waals surface area contributed by atoms with Crippen LogP contribution in [0.4, 0.5) is 0 Å². The average molecular weight is 250 g/mol. The summed E-state index contributed by atoms with van der Waals surface area (Å²) in [6.45, 7) is 10.4. The molecule has 0 fully saturated rings. The number of hydrogen-bond acceptors (Lipinski definition) is 2. The van der Waals surface area contributed by atoms with Gasteiger partial charge >= 0.3 is 0 Å². The highest BCUT2D eigenvalue weighted by atomic mass is 16.1. The fraction of sp³-hybridized carbons (Fsp3) is 0.733. The highest BCUT2D eigenvalue weighted by Gasteiger charge is 2.25. The number of hydrogen-bond donors (Lipinski definition) is 0. The van der Waals surface area contributed by atoms with Gasteiger partial charge in [0.05, 0.1) is 18.2 Å². The van der Waals surface area contributed by atoms with Crippen LogP contribution in [-0.4, -0.2) is 15.6 Å². The molecule has 3 nitrogen and oxygen atoms in total. The fourth-order valence-electron chi connectivity index (χ4n) is 1.94. The Hall–Kier alpha value is -1.12. The number of Topliss-reactive ketones (excluding diaryl/α,β-unsaturated/α-hetero) is 1. The van der Waals surface area contributed by atoms with Crippen molar-refractivity contribution in [3.63, 3.8) is 0 Å². The molecule has 1 aromatic rings. The van der Waals surface area contributed by atoms with E-state index in [1.165, 1.54) is 0 Å². The molecule has 102 valence electrons. The Labute approximate surface area is 111 Å². The van der Waals surface area contributed by atoms with Gasteiger partial charge in [0, 0.05) is 11.6 Å². The molecule has 0 aliphatic rings. The molecule has 1 rings (SSSR count). The van der Waals surface area contributed by atoms with Crippen LogP contribution < -0.4 is 0 Å². The van der Waals surface area contributed by atoms with Crippen molar-refractivity contribution in [2.75, 3.05) is 0 Å². The summed E-state index contributed by atoms with van der Waals surface area (Å²) in [5.74, 6) is 0.278. The SMILES string of the molecule is CCC(CC)n1ccc(CC(=O)C(C)(C)CC)n1. The number of aromatic nitrogens is 2. The summed E-state index contributed by atoms with van der Waals surface area (Å²) < 4.78 is 2.00. The summed E-state index contributed by atoms with van der Waals surface area (Å²) >= 11 is 0. The first-order chi connectivity index (χ1) is 8.44. The second kappa shape index (κ2) is 6.17. The van der Waals surface area contributed by atoms with Gasteiger partial charge in [-0.05, 0) is 25.3 Å². The number of nitrogens with zero attached hydrogens (tertiary/aromatic N) is 2. The van der Waals surface area contributed by atoms with E-state index in [0.717, 1.165) is 25.0 Å². The van der Waals surface area contributed by atoms with Gasteiger partial charge in [0.25, 0.3) is 0 Å². The lowest BCUT2D eigenvalue weighted by Gasteiger charge is -2.20. The van der Waals surface area contributed by atoms with Crippen LogP contribution in [0.1, 0.15) is 65.6 Å². The van der Waals surface area contributed by atoms with Crippen molar-refractivity contribution in [1.82, 2.24) is 9.78 Å². The minimum atomic E-state index is -0.237. The maximum atomic E-state index is 12.1. The van der Waals surface area contributed by atoms with E-state index in [4.69, 9.17) is 0 Å². The van der Waals surface area contributed by atoms with Crippen LogP contribution in [0, 0.1) is 5.41 Å². The van der Waals surface area contributed by atoms with Gasteiger partial charge in [0.2, 0.25) is 0 Å². The van der Waals surface area contributed by atoms with Crippen LogP contribution in [-0.2, 0) is 11.2 Å². The summed E-state index contributed by atoms with van der Waals surface area (Å²) in [5, 5.41) is 4.54. The van der Waals surface area contributed by atoms with Gasteiger partial charge in [0.1, 0.15) is 5.78 Å². The first-order valence-corrected chi connectivity index (χ1v) is 7.01. The first-order valence-electron chi connectivity index (χ1n) is 7.01. The molecule has 0 saturated heterocycles. The standard InChI is InChI=1S/C15H26N2O/c1-6-13(7-2)17-10-9-12(16-17)11-14(18)15(4,5)8-3/h9-10,13H,6-8,11H2,1-5H3. The highest BCUT2D eigenvalue weighted by Crippen LogP contribution is 2.23. The predicted molar refractivity (Wildman–Crippen MR) is 74.6 cm³/mol. The monoisotopic (exact) mass is 250 g/mol. The third-order valence-electron chi connectivity index (χ3n) is 3.96. The summed E-state index contributed by atoms with van der Waals surface area (Å²) in [4.78, 5) is 12.1. The van der Waals surface area contributed by atoms with Crippen molar-refractivity contribution in [3.05, 3.63) is 18.0 Å². The van der Waals surface area contributed by atoms with Crippen LogP contribution in [0.3, 0.4) is 0 Å². The molecule has 1 aromatic heterocycles.